The van der Waals surface area contributed by atoms with E-state index in [0.717, 1.165) is 38.5 Å². The van der Waals surface area contributed by atoms with Gasteiger partial charge >= 0.3 is 0 Å². The lowest BCUT2D eigenvalue weighted by Gasteiger charge is -2.37. The van der Waals surface area contributed by atoms with Crippen LogP contribution in [0.2, 0.25) is 0 Å². The largest absolute Gasteiger partial charge is 0.375 e. The molecule has 152 valence electrons. The Bertz CT molecular complexity index is 607. The minimum Gasteiger partial charge on any atom is -0.375 e. The number of aliphatic imine (C=N–C) groups is 1. The first-order chi connectivity index (χ1) is 12.7. The van der Waals surface area contributed by atoms with E-state index in [4.69, 9.17) is 9.47 Å². The number of nitrogens with one attached hydrogen (secondary N) is 1. The molecule has 3 rings (SSSR count). The van der Waals surface area contributed by atoms with E-state index in [9.17, 15) is 8.78 Å². The topological polar surface area (TPSA) is 46.1 Å². The van der Waals surface area contributed by atoms with Gasteiger partial charge in [0.05, 0.1) is 12.7 Å². The number of morpholine rings is 1. The fraction of sp³-hybridized carbons (Fsp3) is 0.632. The van der Waals surface area contributed by atoms with Gasteiger partial charge in [0.1, 0.15) is 17.7 Å². The number of ether oxygens (including phenoxy) is 2. The van der Waals surface area contributed by atoms with E-state index in [2.05, 4.69) is 15.2 Å². The normalized spacial score (nSPS) is 23.2. The van der Waals surface area contributed by atoms with Crippen LogP contribution in [0.5, 0.6) is 0 Å². The standard InChI is InChI=1S/C19H27F2N3O2.HI/c1-2-22-19(23-9-8-14-15(20)5-3-6-16(14)21)24-10-12-26-18(13-24)17-7-4-11-25-17;/h3,5-6,17-18H,2,4,7-13H2,1H3,(H,22,23);1H. The smallest absolute Gasteiger partial charge is 0.194 e. The monoisotopic (exact) mass is 495 g/mol. The lowest BCUT2D eigenvalue weighted by atomic mass is 10.1. The van der Waals surface area contributed by atoms with Crippen LogP contribution in [0.1, 0.15) is 25.3 Å². The Kier molecular flexibility index (Phi) is 9.17. The Hall–Kier alpha value is -1.00. The third-order valence-electron chi connectivity index (χ3n) is 4.79. The summed E-state index contributed by atoms with van der Waals surface area (Å²) < 4.78 is 39.1. The molecule has 27 heavy (non-hydrogen) atoms. The molecule has 0 bridgehead atoms. The van der Waals surface area contributed by atoms with Crippen molar-refractivity contribution in [2.45, 2.75) is 38.4 Å². The zero-order chi connectivity index (χ0) is 18.4. The number of nitrogens with zero attached hydrogens (tertiary/aromatic N) is 2. The summed E-state index contributed by atoms with van der Waals surface area (Å²) in [6, 6.07) is 3.93. The summed E-state index contributed by atoms with van der Waals surface area (Å²) in [4.78, 5) is 6.73. The van der Waals surface area contributed by atoms with Gasteiger partial charge in [0, 0.05) is 38.3 Å². The summed E-state index contributed by atoms with van der Waals surface area (Å²) in [5.74, 6) is -0.277. The van der Waals surface area contributed by atoms with Crippen molar-refractivity contribution in [1.29, 1.82) is 0 Å². The molecule has 2 heterocycles. The van der Waals surface area contributed by atoms with Gasteiger partial charge in [-0.2, -0.15) is 0 Å². The third-order valence-corrected chi connectivity index (χ3v) is 4.79. The van der Waals surface area contributed by atoms with Crippen LogP contribution in [0.3, 0.4) is 0 Å². The number of hydrogen-bond acceptors (Lipinski definition) is 3. The van der Waals surface area contributed by atoms with E-state index in [1.165, 1.54) is 18.2 Å². The van der Waals surface area contributed by atoms with Gasteiger partial charge in [-0.05, 0) is 38.3 Å². The van der Waals surface area contributed by atoms with Gasteiger partial charge in [-0.1, -0.05) is 6.07 Å². The van der Waals surface area contributed by atoms with Gasteiger partial charge < -0.3 is 19.7 Å². The fourth-order valence-corrected chi connectivity index (χ4v) is 3.46. The molecular formula is C19H28F2IN3O2. The van der Waals surface area contributed by atoms with Crippen molar-refractivity contribution < 1.29 is 18.3 Å². The van der Waals surface area contributed by atoms with E-state index < -0.39 is 11.6 Å². The summed E-state index contributed by atoms with van der Waals surface area (Å²) in [6.07, 6.45) is 2.52. The van der Waals surface area contributed by atoms with E-state index in [1.54, 1.807) is 0 Å². The van der Waals surface area contributed by atoms with E-state index in [1.807, 2.05) is 6.92 Å². The second-order valence-corrected chi connectivity index (χ2v) is 6.59. The van der Waals surface area contributed by atoms with Gasteiger partial charge in [-0.3, -0.25) is 4.99 Å². The van der Waals surface area contributed by atoms with Crippen molar-refractivity contribution in [1.82, 2.24) is 10.2 Å². The van der Waals surface area contributed by atoms with Crippen molar-refractivity contribution in [2.75, 3.05) is 39.4 Å². The summed E-state index contributed by atoms with van der Waals surface area (Å²) in [5.41, 5.74) is 0.0892. The molecular weight excluding hydrogens is 467 g/mol. The maximum Gasteiger partial charge on any atom is 0.194 e. The lowest BCUT2D eigenvalue weighted by Crippen LogP contribution is -2.53. The highest BCUT2D eigenvalue weighted by Gasteiger charge is 2.32. The molecule has 1 N–H and O–H groups in total. The molecule has 2 unspecified atom stereocenters. The van der Waals surface area contributed by atoms with Crippen molar-refractivity contribution in [3.8, 4) is 0 Å². The molecule has 2 atom stereocenters. The summed E-state index contributed by atoms with van der Waals surface area (Å²) in [6.45, 7) is 5.93. The summed E-state index contributed by atoms with van der Waals surface area (Å²) in [7, 11) is 0. The van der Waals surface area contributed by atoms with E-state index in [0.29, 0.717) is 19.7 Å². The maximum atomic E-state index is 13.8. The van der Waals surface area contributed by atoms with Crippen molar-refractivity contribution in [3.05, 3.63) is 35.4 Å². The molecule has 1 aromatic carbocycles. The van der Waals surface area contributed by atoms with Crippen molar-refractivity contribution >= 4 is 29.9 Å². The molecule has 5 nitrogen and oxygen atoms in total. The first kappa shape index (κ1) is 22.3. The average molecular weight is 495 g/mol. The zero-order valence-corrected chi connectivity index (χ0v) is 18.0. The zero-order valence-electron chi connectivity index (χ0n) is 15.6. The molecule has 0 aliphatic carbocycles. The average Bonchev–Trinajstić information content (AvgIpc) is 3.18. The molecule has 2 fully saturated rings. The molecule has 0 radical (unpaired) electrons. The van der Waals surface area contributed by atoms with Crippen LogP contribution in [-0.4, -0.2) is 62.5 Å². The van der Waals surface area contributed by atoms with Gasteiger partial charge in [0.25, 0.3) is 0 Å². The predicted molar refractivity (Wildman–Crippen MR) is 112 cm³/mol. The van der Waals surface area contributed by atoms with Crippen LogP contribution < -0.4 is 5.32 Å². The molecule has 2 saturated heterocycles. The molecule has 2 aliphatic heterocycles. The highest BCUT2D eigenvalue weighted by Crippen LogP contribution is 2.21. The van der Waals surface area contributed by atoms with Crippen LogP contribution in [0.4, 0.5) is 8.78 Å². The van der Waals surface area contributed by atoms with Crippen LogP contribution in [0.25, 0.3) is 0 Å². The molecule has 0 amide bonds. The lowest BCUT2D eigenvalue weighted by molar-refractivity contribution is -0.0817. The Morgan fingerprint density at radius 2 is 1.96 bits per heavy atom. The SMILES string of the molecule is CCNC(=NCCc1c(F)cccc1F)N1CCOC(C2CCCO2)C1.I. The van der Waals surface area contributed by atoms with E-state index in [-0.39, 0.29) is 48.2 Å². The van der Waals surface area contributed by atoms with Gasteiger partial charge in [-0.15, -0.1) is 24.0 Å². The maximum absolute atomic E-state index is 13.8. The highest BCUT2D eigenvalue weighted by atomic mass is 127. The Labute approximate surface area is 176 Å². The minimum absolute atomic E-state index is 0. The van der Waals surface area contributed by atoms with Crippen LogP contribution in [-0.2, 0) is 15.9 Å². The molecule has 8 heteroatoms. The van der Waals surface area contributed by atoms with Crippen molar-refractivity contribution in [3.63, 3.8) is 0 Å². The number of benzene rings is 1. The quantitative estimate of drug-likeness (QED) is 0.388. The predicted octanol–water partition coefficient (Wildman–Crippen LogP) is 2.97. The first-order valence-corrected chi connectivity index (χ1v) is 9.38. The second kappa shape index (κ2) is 11.1. The van der Waals surface area contributed by atoms with Crippen LogP contribution in [0.15, 0.2) is 23.2 Å². The number of rotatable bonds is 5. The molecule has 1 aromatic rings. The second-order valence-electron chi connectivity index (χ2n) is 6.59. The Balaban J connectivity index is 0.00000261. The van der Waals surface area contributed by atoms with Gasteiger partial charge in [0.2, 0.25) is 0 Å². The Morgan fingerprint density at radius 3 is 2.63 bits per heavy atom. The van der Waals surface area contributed by atoms with Crippen LogP contribution >= 0.6 is 24.0 Å². The van der Waals surface area contributed by atoms with E-state index >= 15 is 0 Å². The molecule has 2 aliphatic rings. The molecule has 0 spiro atoms. The van der Waals surface area contributed by atoms with Crippen molar-refractivity contribution in [2.24, 2.45) is 4.99 Å². The Morgan fingerprint density at radius 1 is 1.22 bits per heavy atom. The summed E-state index contributed by atoms with van der Waals surface area (Å²) in [5, 5.41) is 3.27. The summed E-state index contributed by atoms with van der Waals surface area (Å²) >= 11 is 0. The first-order valence-electron chi connectivity index (χ1n) is 9.38. The number of guanidine groups is 1. The third kappa shape index (κ3) is 5.99. The molecule has 0 aromatic heterocycles. The molecule has 0 saturated carbocycles. The van der Waals surface area contributed by atoms with Gasteiger partial charge in [-0.25, -0.2) is 8.78 Å². The van der Waals surface area contributed by atoms with Gasteiger partial charge in [0.15, 0.2) is 5.96 Å². The number of hydrogen-bond donors (Lipinski definition) is 1. The highest BCUT2D eigenvalue weighted by molar-refractivity contribution is 14.0. The fourth-order valence-electron chi connectivity index (χ4n) is 3.46. The number of halogens is 3. The van der Waals surface area contributed by atoms with Crippen LogP contribution in [0, 0.1) is 11.6 Å². The minimum atomic E-state index is -0.519.